The van der Waals surface area contributed by atoms with E-state index in [9.17, 15) is 0 Å². The fraction of sp³-hybridized carbons (Fsp3) is 1.00. The molecule has 1 spiro atoms. The van der Waals surface area contributed by atoms with E-state index in [1.807, 2.05) is 0 Å². The lowest BCUT2D eigenvalue weighted by molar-refractivity contribution is -0.194. The number of rotatable bonds is 0. The molecule has 2 heteroatoms. The van der Waals surface area contributed by atoms with E-state index in [4.69, 9.17) is 4.74 Å². The minimum absolute atomic E-state index is 0.0851. The second-order valence-corrected chi connectivity index (χ2v) is 4.64. The topological polar surface area (TPSA) is 21.3 Å². The van der Waals surface area contributed by atoms with Gasteiger partial charge in [0.25, 0.3) is 0 Å². The fourth-order valence-corrected chi connectivity index (χ4v) is 2.43. The molecular weight excluding hydrogens is 138 g/mol. The predicted octanol–water partition coefficient (Wildman–Crippen LogP) is 1.51. The van der Waals surface area contributed by atoms with Crippen molar-refractivity contribution in [1.29, 1.82) is 0 Å². The number of hydrogen-bond donors (Lipinski definition) is 1. The van der Waals surface area contributed by atoms with Crippen molar-refractivity contribution < 1.29 is 4.74 Å². The van der Waals surface area contributed by atoms with Gasteiger partial charge in [-0.3, -0.25) is 5.32 Å². The molecule has 1 aliphatic heterocycles. The minimum atomic E-state index is 0.0851. The molecule has 0 radical (unpaired) electrons. The van der Waals surface area contributed by atoms with Gasteiger partial charge < -0.3 is 4.74 Å². The second kappa shape index (κ2) is 2.20. The van der Waals surface area contributed by atoms with Gasteiger partial charge in [-0.05, 0) is 31.2 Å². The van der Waals surface area contributed by atoms with Crippen LogP contribution in [0.2, 0.25) is 0 Å². The van der Waals surface area contributed by atoms with Gasteiger partial charge in [-0.1, -0.05) is 13.8 Å². The number of nitrogens with one attached hydrogen (secondary N) is 1. The zero-order chi connectivity index (χ0) is 7.95. The van der Waals surface area contributed by atoms with E-state index in [1.54, 1.807) is 0 Å². The van der Waals surface area contributed by atoms with E-state index in [2.05, 4.69) is 19.2 Å². The van der Waals surface area contributed by atoms with Crippen LogP contribution < -0.4 is 5.32 Å². The Morgan fingerprint density at radius 2 is 2.00 bits per heavy atom. The molecule has 64 valence electrons. The van der Waals surface area contributed by atoms with Gasteiger partial charge in [0.2, 0.25) is 0 Å². The number of ether oxygens (including phenoxy) is 1. The predicted molar refractivity (Wildman–Crippen MR) is 44.3 cm³/mol. The van der Waals surface area contributed by atoms with Crippen LogP contribution in [0.25, 0.3) is 0 Å². The monoisotopic (exact) mass is 155 g/mol. The first kappa shape index (κ1) is 7.56. The SMILES string of the molecule is CC1(C)CC2(C1)NCCCO2. The van der Waals surface area contributed by atoms with Crippen molar-refractivity contribution in [3.8, 4) is 0 Å². The van der Waals surface area contributed by atoms with Crippen LogP contribution in [0.1, 0.15) is 33.1 Å². The molecule has 1 heterocycles. The summed E-state index contributed by atoms with van der Waals surface area (Å²) in [6.07, 6.45) is 3.53. The first-order valence-electron chi connectivity index (χ1n) is 4.51. The number of hydrogen-bond acceptors (Lipinski definition) is 2. The Hall–Kier alpha value is -0.0800. The van der Waals surface area contributed by atoms with Crippen molar-refractivity contribution in [1.82, 2.24) is 5.32 Å². The van der Waals surface area contributed by atoms with Crippen LogP contribution in [0.15, 0.2) is 0 Å². The summed E-state index contributed by atoms with van der Waals surface area (Å²) in [6, 6.07) is 0. The van der Waals surface area contributed by atoms with E-state index in [-0.39, 0.29) is 5.72 Å². The Balaban J connectivity index is 1.94. The third kappa shape index (κ3) is 1.30. The molecule has 0 amide bonds. The Morgan fingerprint density at radius 1 is 1.27 bits per heavy atom. The van der Waals surface area contributed by atoms with Gasteiger partial charge in [0, 0.05) is 0 Å². The summed E-state index contributed by atoms with van der Waals surface area (Å²) in [5, 5.41) is 3.47. The van der Waals surface area contributed by atoms with Gasteiger partial charge in [0.15, 0.2) is 0 Å². The molecule has 0 aromatic carbocycles. The van der Waals surface area contributed by atoms with E-state index in [1.165, 1.54) is 19.3 Å². The van der Waals surface area contributed by atoms with Crippen LogP contribution in [0.3, 0.4) is 0 Å². The normalized spacial score (nSPS) is 33.3. The van der Waals surface area contributed by atoms with E-state index in [0.29, 0.717) is 5.41 Å². The summed E-state index contributed by atoms with van der Waals surface area (Å²) in [5.41, 5.74) is 0.589. The summed E-state index contributed by atoms with van der Waals surface area (Å²) in [7, 11) is 0. The molecule has 0 unspecified atom stereocenters. The standard InChI is InChI=1S/C9H17NO/c1-8(2)6-9(7-8)10-4-3-5-11-9/h10H,3-7H2,1-2H3. The molecule has 0 atom stereocenters. The van der Waals surface area contributed by atoms with Crippen molar-refractivity contribution in [2.24, 2.45) is 5.41 Å². The average molecular weight is 155 g/mol. The lowest BCUT2D eigenvalue weighted by Crippen LogP contribution is -2.62. The summed E-state index contributed by atoms with van der Waals surface area (Å²) >= 11 is 0. The highest BCUT2D eigenvalue weighted by atomic mass is 16.5. The third-order valence-corrected chi connectivity index (χ3v) is 2.67. The largest absolute Gasteiger partial charge is 0.361 e. The maximum atomic E-state index is 5.73. The van der Waals surface area contributed by atoms with Gasteiger partial charge in [0.1, 0.15) is 5.72 Å². The highest BCUT2D eigenvalue weighted by molar-refractivity contribution is 5.00. The maximum absolute atomic E-state index is 5.73. The van der Waals surface area contributed by atoms with Gasteiger partial charge >= 0.3 is 0 Å². The second-order valence-electron chi connectivity index (χ2n) is 4.64. The van der Waals surface area contributed by atoms with Crippen LogP contribution in [0.5, 0.6) is 0 Å². The Labute approximate surface area is 68.3 Å². The molecule has 2 fully saturated rings. The molecule has 1 N–H and O–H groups in total. The first-order chi connectivity index (χ1) is 5.12. The Morgan fingerprint density at radius 3 is 2.45 bits per heavy atom. The molecule has 1 saturated heterocycles. The molecule has 1 aliphatic carbocycles. The lowest BCUT2D eigenvalue weighted by Gasteiger charge is -2.54. The van der Waals surface area contributed by atoms with Gasteiger partial charge in [0.05, 0.1) is 6.61 Å². The molecule has 0 bridgehead atoms. The van der Waals surface area contributed by atoms with E-state index in [0.717, 1.165) is 13.2 Å². The van der Waals surface area contributed by atoms with Gasteiger partial charge in [-0.25, -0.2) is 0 Å². The van der Waals surface area contributed by atoms with Crippen molar-refractivity contribution in [3.63, 3.8) is 0 Å². The van der Waals surface area contributed by atoms with Crippen molar-refractivity contribution in [2.45, 2.75) is 38.8 Å². The average Bonchev–Trinajstić information content (AvgIpc) is 1.85. The van der Waals surface area contributed by atoms with Crippen LogP contribution in [0.4, 0.5) is 0 Å². The quantitative estimate of drug-likeness (QED) is 0.572. The molecule has 2 rings (SSSR count). The summed E-state index contributed by atoms with van der Waals surface area (Å²) < 4.78 is 5.73. The summed E-state index contributed by atoms with van der Waals surface area (Å²) in [4.78, 5) is 0. The van der Waals surface area contributed by atoms with Gasteiger partial charge in [-0.2, -0.15) is 0 Å². The molecule has 0 aromatic heterocycles. The zero-order valence-corrected chi connectivity index (χ0v) is 7.44. The molecular formula is C9H17NO. The summed E-state index contributed by atoms with van der Waals surface area (Å²) in [6.45, 7) is 6.69. The zero-order valence-electron chi connectivity index (χ0n) is 7.44. The first-order valence-corrected chi connectivity index (χ1v) is 4.51. The van der Waals surface area contributed by atoms with Crippen molar-refractivity contribution in [2.75, 3.05) is 13.2 Å². The molecule has 11 heavy (non-hydrogen) atoms. The van der Waals surface area contributed by atoms with E-state index >= 15 is 0 Å². The smallest absolute Gasteiger partial charge is 0.120 e. The maximum Gasteiger partial charge on any atom is 0.120 e. The van der Waals surface area contributed by atoms with Crippen molar-refractivity contribution in [3.05, 3.63) is 0 Å². The van der Waals surface area contributed by atoms with Crippen LogP contribution >= 0.6 is 0 Å². The summed E-state index contributed by atoms with van der Waals surface area (Å²) in [5.74, 6) is 0. The lowest BCUT2D eigenvalue weighted by atomic mass is 9.65. The van der Waals surface area contributed by atoms with Crippen molar-refractivity contribution >= 4 is 0 Å². The van der Waals surface area contributed by atoms with Crippen LogP contribution in [-0.2, 0) is 4.74 Å². The molecule has 1 saturated carbocycles. The Bertz CT molecular complexity index is 149. The fourth-order valence-electron chi connectivity index (χ4n) is 2.43. The minimum Gasteiger partial charge on any atom is -0.361 e. The molecule has 2 nitrogen and oxygen atoms in total. The van der Waals surface area contributed by atoms with E-state index < -0.39 is 0 Å². The molecule has 2 aliphatic rings. The van der Waals surface area contributed by atoms with Gasteiger partial charge in [-0.15, -0.1) is 0 Å². The highest BCUT2D eigenvalue weighted by Crippen LogP contribution is 2.49. The Kier molecular flexibility index (Phi) is 1.52. The van der Waals surface area contributed by atoms with Crippen LogP contribution in [0, 0.1) is 5.41 Å². The third-order valence-electron chi connectivity index (χ3n) is 2.67. The molecule has 0 aromatic rings. The highest BCUT2D eigenvalue weighted by Gasteiger charge is 2.50. The van der Waals surface area contributed by atoms with Crippen LogP contribution in [-0.4, -0.2) is 18.9 Å².